The van der Waals surface area contributed by atoms with Crippen LogP contribution >= 0.6 is 0 Å². The Hall–Kier alpha value is -0.800. The normalized spacial score (nSPS) is 22.5. The molecule has 1 aromatic heterocycles. The summed E-state index contributed by atoms with van der Waals surface area (Å²) in [5.41, 5.74) is 1.27. The Morgan fingerprint density at radius 3 is 2.82 bits per heavy atom. The van der Waals surface area contributed by atoms with E-state index in [4.69, 9.17) is 4.42 Å². The van der Waals surface area contributed by atoms with Crippen molar-refractivity contribution in [2.75, 3.05) is 13.1 Å². The zero-order valence-electron chi connectivity index (χ0n) is 11.1. The van der Waals surface area contributed by atoms with Crippen molar-refractivity contribution in [3.05, 3.63) is 24.2 Å². The van der Waals surface area contributed by atoms with Gasteiger partial charge in [-0.1, -0.05) is 0 Å². The molecule has 0 amide bonds. The van der Waals surface area contributed by atoms with Gasteiger partial charge < -0.3 is 9.73 Å². The summed E-state index contributed by atoms with van der Waals surface area (Å²) in [5, 5.41) is 3.58. The molecular formula is C14H24N2O. The average Bonchev–Trinajstić information content (AvgIpc) is 2.97. The predicted molar refractivity (Wildman–Crippen MR) is 70.0 cm³/mol. The van der Waals surface area contributed by atoms with Crippen LogP contribution < -0.4 is 5.32 Å². The number of nitrogens with zero attached hydrogens (tertiary/aromatic N) is 1. The molecule has 2 unspecified atom stereocenters. The van der Waals surface area contributed by atoms with Gasteiger partial charge >= 0.3 is 0 Å². The number of hydrogen-bond acceptors (Lipinski definition) is 3. The van der Waals surface area contributed by atoms with Crippen LogP contribution in [0.15, 0.2) is 23.0 Å². The second kappa shape index (κ2) is 5.69. The first-order chi connectivity index (χ1) is 8.18. The fourth-order valence-corrected chi connectivity index (χ4v) is 2.69. The SMILES string of the molecule is CC(C)N(CC1CCCN1)C(C)c1ccoc1. The van der Waals surface area contributed by atoms with E-state index in [1.807, 2.05) is 6.26 Å². The van der Waals surface area contributed by atoms with Gasteiger partial charge in [0.05, 0.1) is 12.5 Å². The molecule has 1 fully saturated rings. The van der Waals surface area contributed by atoms with Crippen molar-refractivity contribution in [2.24, 2.45) is 0 Å². The van der Waals surface area contributed by atoms with Crippen LogP contribution in [-0.2, 0) is 0 Å². The zero-order chi connectivity index (χ0) is 12.3. The monoisotopic (exact) mass is 236 g/mol. The van der Waals surface area contributed by atoms with Gasteiger partial charge in [0, 0.05) is 30.2 Å². The summed E-state index contributed by atoms with van der Waals surface area (Å²) in [6.07, 6.45) is 6.25. The van der Waals surface area contributed by atoms with Gasteiger partial charge in [-0.15, -0.1) is 0 Å². The molecule has 1 N–H and O–H groups in total. The summed E-state index contributed by atoms with van der Waals surface area (Å²) in [4.78, 5) is 2.55. The van der Waals surface area contributed by atoms with Crippen molar-refractivity contribution in [1.82, 2.24) is 10.2 Å². The molecular weight excluding hydrogens is 212 g/mol. The molecule has 2 rings (SSSR count). The van der Waals surface area contributed by atoms with Crippen molar-refractivity contribution >= 4 is 0 Å². The van der Waals surface area contributed by atoms with E-state index in [2.05, 4.69) is 37.1 Å². The maximum Gasteiger partial charge on any atom is 0.0950 e. The Morgan fingerprint density at radius 1 is 1.47 bits per heavy atom. The van der Waals surface area contributed by atoms with Crippen LogP contribution in [-0.4, -0.2) is 30.1 Å². The van der Waals surface area contributed by atoms with Gasteiger partial charge in [-0.3, -0.25) is 4.90 Å². The summed E-state index contributed by atoms with van der Waals surface area (Å²) >= 11 is 0. The molecule has 17 heavy (non-hydrogen) atoms. The largest absolute Gasteiger partial charge is 0.472 e. The first-order valence-corrected chi connectivity index (χ1v) is 6.69. The second-order valence-corrected chi connectivity index (χ2v) is 5.32. The summed E-state index contributed by atoms with van der Waals surface area (Å²) in [7, 11) is 0. The molecule has 2 atom stereocenters. The predicted octanol–water partition coefficient (Wildman–Crippen LogP) is 2.80. The van der Waals surface area contributed by atoms with Crippen molar-refractivity contribution in [3.63, 3.8) is 0 Å². The third-order valence-corrected chi connectivity index (χ3v) is 3.78. The highest BCUT2D eigenvalue weighted by molar-refractivity contribution is 5.11. The van der Waals surface area contributed by atoms with Crippen LogP contribution in [0.1, 0.15) is 45.2 Å². The highest BCUT2D eigenvalue weighted by Crippen LogP contribution is 2.24. The molecule has 0 radical (unpaired) electrons. The highest BCUT2D eigenvalue weighted by Gasteiger charge is 2.24. The van der Waals surface area contributed by atoms with Gasteiger partial charge in [0.1, 0.15) is 0 Å². The summed E-state index contributed by atoms with van der Waals surface area (Å²) in [6.45, 7) is 9.11. The quantitative estimate of drug-likeness (QED) is 0.852. The van der Waals surface area contributed by atoms with Gasteiger partial charge in [0.2, 0.25) is 0 Å². The van der Waals surface area contributed by atoms with Crippen LogP contribution in [0.2, 0.25) is 0 Å². The number of furan rings is 1. The summed E-state index contributed by atoms with van der Waals surface area (Å²) in [5.74, 6) is 0. The van der Waals surface area contributed by atoms with Crippen LogP contribution in [0.5, 0.6) is 0 Å². The lowest BCUT2D eigenvalue weighted by atomic mass is 10.1. The first kappa shape index (κ1) is 12.7. The van der Waals surface area contributed by atoms with Crippen molar-refractivity contribution < 1.29 is 4.42 Å². The van der Waals surface area contributed by atoms with E-state index in [1.165, 1.54) is 24.9 Å². The minimum atomic E-state index is 0.427. The van der Waals surface area contributed by atoms with E-state index < -0.39 is 0 Å². The van der Waals surface area contributed by atoms with Gasteiger partial charge in [0.15, 0.2) is 0 Å². The third-order valence-electron chi connectivity index (χ3n) is 3.78. The molecule has 0 saturated carbocycles. The minimum Gasteiger partial charge on any atom is -0.472 e. The van der Waals surface area contributed by atoms with E-state index in [9.17, 15) is 0 Å². The van der Waals surface area contributed by atoms with Gasteiger partial charge in [-0.2, -0.15) is 0 Å². The topological polar surface area (TPSA) is 28.4 Å². The molecule has 96 valence electrons. The number of rotatable bonds is 5. The van der Waals surface area contributed by atoms with Gasteiger partial charge in [-0.05, 0) is 46.2 Å². The highest BCUT2D eigenvalue weighted by atomic mass is 16.3. The fourth-order valence-electron chi connectivity index (χ4n) is 2.69. The molecule has 0 spiro atoms. The summed E-state index contributed by atoms with van der Waals surface area (Å²) in [6, 6.07) is 3.72. The maximum atomic E-state index is 5.19. The van der Waals surface area contributed by atoms with Crippen LogP contribution in [0, 0.1) is 0 Å². The Balaban J connectivity index is 2.00. The lowest BCUT2D eigenvalue weighted by Gasteiger charge is -2.34. The van der Waals surface area contributed by atoms with Crippen molar-refractivity contribution in [1.29, 1.82) is 0 Å². The van der Waals surface area contributed by atoms with E-state index in [0.29, 0.717) is 18.1 Å². The molecule has 0 aliphatic carbocycles. The molecule has 1 aliphatic heterocycles. The van der Waals surface area contributed by atoms with E-state index >= 15 is 0 Å². The lowest BCUT2D eigenvalue weighted by molar-refractivity contribution is 0.149. The maximum absolute atomic E-state index is 5.19. The third kappa shape index (κ3) is 3.11. The molecule has 2 heterocycles. The molecule has 0 bridgehead atoms. The summed E-state index contributed by atoms with van der Waals surface area (Å²) < 4.78 is 5.19. The van der Waals surface area contributed by atoms with E-state index in [1.54, 1.807) is 6.26 Å². The van der Waals surface area contributed by atoms with Crippen LogP contribution in [0.4, 0.5) is 0 Å². The number of hydrogen-bond donors (Lipinski definition) is 1. The van der Waals surface area contributed by atoms with Crippen molar-refractivity contribution in [3.8, 4) is 0 Å². The Kier molecular flexibility index (Phi) is 4.24. The van der Waals surface area contributed by atoms with E-state index in [-0.39, 0.29) is 0 Å². The average molecular weight is 236 g/mol. The standard InChI is InChI=1S/C14H24N2O/c1-11(2)16(9-14-5-4-7-15-14)12(3)13-6-8-17-10-13/h6,8,10-12,14-15H,4-5,7,9H2,1-3H3. The first-order valence-electron chi connectivity index (χ1n) is 6.69. The minimum absolute atomic E-state index is 0.427. The molecule has 1 saturated heterocycles. The van der Waals surface area contributed by atoms with Gasteiger partial charge in [0.25, 0.3) is 0 Å². The molecule has 3 nitrogen and oxygen atoms in total. The molecule has 3 heteroatoms. The number of nitrogens with one attached hydrogen (secondary N) is 1. The van der Waals surface area contributed by atoms with Crippen LogP contribution in [0.3, 0.4) is 0 Å². The fraction of sp³-hybridized carbons (Fsp3) is 0.714. The Morgan fingerprint density at radius 2 is 2.29 bits per heavy atom. The Labute approximate surface area is 104 Å². The molecule has 0 aromatic carbocycles. The van der Waals surface area contributed by atoms with Gasteiger partial charge in [-0.25, -0.2) is 0 Å². The lowest BCUT2D eigenvalue weighted by Crippen LogP contribution is -2.42. The smallest absolute Gasteiger partial charge is 0.0950 e. The van der Waals surface area contributed by atoms with Crippen LogP contribution in [0.25, 0.3) is 0 Å². The zero-order valence-corrected chi connectivity index (χ0v) is 11.1. The molecule has 1 aromatic rings. The second-order valence-electron chi connectivity index (χ2n) is 5.32. The van der Waals surface area contributed by atoms with Crippen molar-refractivity contribution in [2.45, 2.75) is 51.7 Å². The molecule has 1 aliphatic rings. The van der Waals surface area contributed by atoms with E-state index in [0.717, 1.165) is 6.54 Å². The Bertz CT molecular complexity index is 315.